The van der Waals surface area contributed by atoms with E-state index in [1.54, 1.807) is 0 Å². The van der Waals surface area contributed by atoms with E-state index in [0.717, 1.165) is 17.1 Å². The van der Waals surface area contributed by atoms with Gasteiger partial charge in [0.25, 0.3) is 6.71 Å². The molecule has 0 atom stereocenters. The third-order valence-corrected chi connectivity index (χ3v) is 23.6. The molecule has 11 aromatic carbocycles. The van der Waals surface area contributed by atoms with E-state index < -0.39 is 0 Å². The van der Waals surface area contributed by atoms with Crippen LogP contribution in [0.5, 0.6) is 0 Å². The first-order chi connectivity index (χ1) is 46.4. The fraction of sp³-hybridized carbons (Fsp3) is 0.298. The van der Waals surface area contributed by atoms with E-state index in [2.05, 4.69) is 357 Å². The molecule has 16 rings (SSSR count). The Kier molecular flexibility index (Phi) is 14.4. The van der Waals surface area contributed by atoms with Gasteiger partial charge in [-0.2, -0.15) is 0 Å². The number of fused-ring (bicyclic) bond motifs is 9. The van der Waals surface area contributed by atoms with Gasteiger partial charge in [-0.1, -0.05) is 263 Å². The van der Waals surface area contributed by atoms with Crippen LogP contribution in [0.3, 0.4) is 0 Å². The summed E-state index contributed by atoms with van der Waals surface area (Å²) >= 11 is 0. The molecule has 12 aromatic rings. The first kappa shape index (κ1) is 63.6. The minimum atomic E-state index is -0.116. The maximum Gasteiger partial charge on any atom is 0.252 e. The van der Waals surface area contributed by atoms with E-state index in [4.69, 9.17) is 0 Å². The highest BCUT2D eigenvalue weighted by molar-refractivity contribution is 7.00. The van der Waals surface area contributed by atoms with Crippen LogP contribution in [0, 0.1) is 0 Å². The summed E-state index contributed by atoms with van der Waals surface area (Å²) in [6.45, 7) is 40.4. The monoisotopic (exact) mass is 1280 g/mol. The molecule has 0 spiro atoms. The highest BCUT2D eigenvalue weighted by Crippen LogP contribution is 2.52. The minimum absolute atomic E-state index is 0.0202. The molecule has 0 bridgehead atoms. The van der Waals surface area contributed by atoms with Crippen LogP contribution in [-0.4, -0.2) is 11.3 Å². The second-order valence-corrected chi connectivity index (χ2v) is 35.2. The van der Waals surface area contributed by atoms with Gasteiger partial charge in [0.1, 0.15) is 0 Å². The van der Waals surface area contributed by atoms with Crippen LogP contribution in [-0.2, 0) is 37.9 Å². The summed E-state index contributed by atoms with van der Waals surface area (Å²) in [6.07, 6.45) is 4.75. The molecule has 2 aliphatic heterocycles. The van der Waals surface area contributed by atoms with Crippen LogP contribution < -0.4 is 26.2 Å². The Hall–Kier alpha value is -9.12. The Morgan fingerprint density at radius 3 is 1.18 bits per heavy atom. The van der Waals surface area contributed by atoms with Crippen molar-refractivity contribution in [3.05, 3.63) is 263 Å². The van der Waals surface area contributed by atoms with Crippen LogP contribution >= 0.6 is 0 Å². The van der Waals surface area contributed by atoms with E-state index >= 15 is 0 Å². The van der Waals surface area contributed by atoms with E-state index in [1.807, 2.05) is 0 Å². The number of anilines is 6. The Bertz CT molecular complexity index is 5130. The summed E-state index contributed by atoms with van der Waals surface area (Å²) in [6, 6.07) is 88.3. The van der Waals surface area contributed by atoms with E-state index in [1.165, 1.54) is 170 Å². The Balaban J connectivity index is 0.956. The van der Waals surface area contributed by atoms with Crippen LogP contribution in [0.1, 0.15) is 182 Å². The number of aromatic nitrogens is 1. The van der Waals surface area contributed by atoms with Crippen molar-refractivity contribution in [2.45, 2.75) is 181 Å². The third-order valence-electron chi connectivity index (χ3n) is 23.6. The molecule has 0 radical (unpaired) electrons. The summed E-state index contributed by atoms with van der Waals surface area (Å²) in [4.78, 5) is 5.25. The van der Waals surface area contributed by atoms with Crippen molar-refractivity contribution in [1.29, 1.82) is 0 Å². The molecule has 0 fully saturated rings. The van der Waals surface area contributed by atoms with Gasteiger partial charge in [-0.05, 0) is 242 Å². The lowest BCUT2D eigenvalue weighted by Crippen LogP contribution is -2.61. The van der Waals surface area contributed by atoms with Crippen molar-refractivity contribution in [2.75, 3.05) is 9.80 Å². The fourth-order valence-corrected chi connectivity index (χ4v) is 17.4. The Morgan fingerprint density at radius 2 is 0.704 bits per heavy atom. The zero-order valence-electron chi connectivity index (χ0n) is 61.1. The minimum Gasteiger partial charge on any atom is -0.311 e. The summed E-state index contributed by atoms with van der Waals surface area (Å²) in [5, 5.41) is 2.57. The Labute approximate surface area is 584 Å². The second-order valence-electron chi connectivity index (χ2n) is 35.2. The van der Waals surface area contributed by atoms with Gasteiger partial charge in [-0.15, -0.1) is 0 Å². The van der Waals surface area contributed by atoms with Gasteiger partial charge in [-0.25, -0.2) is 0 Å². The van der Waals surface area contributed by atoms with Crippen LogP contribution in [0.25, 0.3) is 72.0 Å². The lowest BCUT2D eigenvalue weighted by atomic mass is 9.33. The first-order valence-corrected chi connectivity index (χ1v) is 36.3. The second kappa shape index (κ2) is 22.2. The zero-order valence-corrected chi connectivity index (χ0v) is 61.1. The normalized spacial score (nSPS) is 16.5. The zero-order chi connectivity index (χ0) is 68.5. The van der Waals surface area contributed by atoms with Crippen LogP contribution in [0.4, 0.5) is 34.1 Å². The Morgan fingerprint density at radius 1 is 0.306 bits per heavy atom. The van der Waals surface area contributed by atoms with Crippen molar-refractivity contribution >= 4 is 79.0 Å². The average Bonchev–Trinajstić information content (AvgIpc) is 0.717. The molecule has 0 unspecified atom stereocenters. The van der Waals surface area contributed by atoms with Crippen molar-refractivity contribution in [2.24, 2.45) is 0 Å². The number of benzene rings is 11. The predicted octanol–water partition coefficient (Wildman–Crippen LogP) is 24.1. The average molecular weight is 1280 g/mol. The van der Waals surface area contributed by atoms with Gasteiger partial charge in [0, 0.05) is 50.6 Å². The van der Waals surface area contributed by atoms with Crippen LogP contribution in [0.2, 0.25) is 0 Å². The molecule has 3 nitrogen and oxygen atoms in total. The van der Waals surface area contributed by atoms with Gasteiger partial charge < -0.3 is 14.4 Å². The largest absolute Gasteiger partial charge is 0.311 e. The number of nitrogens with zero attached hydrogens (tertiary/aromatic N) is 3. The van der Waals surface area contributed by atoms with Gasteiger partial charge >= 0.3 is 0 Å². The molecule has 1 aromatic heterocycles. The molecular formula is C94H96BN3. The van der Waals surface area contributed by atoms with Gasteiger partial charge in [0.2, 0.25) is 0 Å². The molecule has 4 heteroatoms. The van der Waals surface area contributed by atoms with E-state index in [9.17, 15) is 0 Å². The molecule has 4 aliphatic rings. The van der Waals surface area contributed by atoms with E-state index in [0.29, 0.717) is 0 Å². The topological polar surface area (TPSA) is 11.4 Å². The van der Waals surface area contributed by atoms with Gasteiger partial charge in [-0.3, -0.25) is 0 Å². The molecule has 3 heterocycles. The third kappa shape index (κ3) is 10.4. The molecular weight excluding hydrogens is 1180 g/mol. The quantitative estimate of drug-likeness (QED) is 0.147. The molecule has 2 aliphatic carbocycles. The van der Waals surface area contributed by atoms with E-state index in [-0.39, 0.29) is 44.6 Å². The highest BCUT2D eigenvalue weighted by atomic mass is 15.2. The van der Waals surface area contributed by atoms with Gasteiger partial charge in [0.05, 0.1) is 11.0 Å². The summed E-state index contributed by atoms with van der Waals surface area (Å²) in [5.74, 6) is 0. The molecule has 0 saturated heterocycles. The summed E-state index contributed by atoms with van der Waals surface area (Å²) in [5.41, 5.74) is 34.6. The molecule has 0 saturated carbocycles. The van der Waals surface area contributed by atoms with Gasteiger partial charge in [0.15, 0.2) is 0 Å². The molecule has 0 N–H and O–H groups in total. The standard InChI is InChI=1S/C94H96BN3/c1-88(2,3)66-34-45-81-72(56-66)73-57-67(89(4,5)6)35-46-82(73)98(81)70-40-44-80-84(58-70)97(69-38-29-61(30-39-69)63-32-42-76-78(52-63)94(16,17)50-48-92(76,12)13)86-55-65(59-23-19-18-20-24-59)54-85-87(86)95(80)79-43-33-64(71-25-21-22-26-74(71)90(7,8)9)53-83(79)96(85)68-36-27-60(28-37-68)62-31-41-75-77(51-62)93(14,15)49-47-91(75,10)11/h18-46,51-58H,47-50H2,1-17H3. The van der Waals surface area contributed by atoms with Crippen molar-refractivity contribution in [1.82, 2.24) is 4.57 Å². The maximum absolute atomic E-state index is 2.63. The lowest BCUT2D eigenvalue weighted by molar-refractivity contribution is 0.332. The van der Waals surface area contributed by atoms with Crippen molar-refractivity contribution < 1.29 is 0 Å². The van der Waals surface area contributed by atoms with Crippen molar-refractivity contribution in [3.8, 4) is 50.2 Å². The molecule has 0 amide bonds. The smallest absolute Gasteiger partial charge is 0.252 e. The number of rotatable bonds is 7. The van der Waals surface area contributed by atoms with Crippen LogP contribution in [0.15, 0.2) is 224 Å². The SMILES string of the molecule is CC(C)(C)c1ccc2c(c1)c1cc(C(C)(C)C)ccc1n2-c1ccc2c(c1)N(c1ccc(-c3ccc4c(c3)C(C)(C)CCC4(C)C)cc1)c1cc(-c3ccccc3)cc3c1B2c1ccc(-c2ccccc2C(C)(C)C)cc1N3c1ccc(-c2ccc3c(c2)C(C)(C)CCC3(C)C)cc1. The molecule has 490 valence electrons. The fourth-order valence-electron chi connectivity index (χ4n) is 17.4. The lowest BCUT2D eigenvalue weighted by Gasteiger charge is -2.45. The predicted molar refractivity (Wildman–Crippen MR) is 423 cm³/mol. The van der Waals surface area contributed by atoms with Crippen molar-refractivity contribution in [3.63, 3.8) is 0 Å². The molecule has 98 heavy (non-hydrogen) atoms. The number of hydrogen-bond donors (Lipinski definition) is 0. The number of hydrogen-bond acceptors (Lipinski definition) is 2. The summed E-state index contributed by atoms with van der Waals surface area (Å²) < 4.78 is 2.55. The first-order valence-electron chi connectivity index (χ1n) is 36.3. The highest BCUT2D eigenvalue weighted by Gasteiger charge is 2.45. The maximum atomic E-state index is 2.63. The summed E-state index contributed by atoms with van der Waals surface area (Å²) in [7, 11) is 0.